The Bertz CT molecular complexity index is 1020. The number of amides is 1. The van der Waals surface area contributed by atoms with E-state index in [0.29, 0.717) is 21.9 Å². The molecule has 0 N–H and O–H groups in total. The number of hydrogen-bond acceptors (Lipinski definition) is 6. The molecule has 3 aromatic rings. The maximum absolute atomic E-state index is 12.2. The van der Waals surface area contributed by atoms with E-state index < -0.39 is 11.7 Å². The fourth-order valence-corrected chi connectivity index (χ4v) is 3.24. The van der Waals surface area contributed by atoms with Crippen molar-refractivity contribution in [1.82, 2.24) is 9.97 Å². The molecule has 0 spiro atoms. The molecule has 1 aromatic carbocycles. The van der Waals surface area contributed by atoms with E-state index in [2.05, 4.69) is 9.97 Å². The molecule has 2 aromatic heterocycles. The quantitative estimate of drug-likeness (QED) is 0.680. The summed E-state index contributed by atoms with van der Waals surface area (Å²) >= 11 is 1.38. The van der Waals surface area contributed by atoms with Gasteiger partial charge < -0.3 is 4.74 Å². The van der Waals surface area contributed by atoms with Crippen LogP contribution in [0.3, 0.4) is 0 Å². The fraction of sp³-hybridized carbons (Fsp3) is 0.263. The molecule has 0 bridgehead atoms. The molecule has 26 heavy (non-hydrogen) atoms. The van der Waals surface area contributed by atoms with Gasteiger partial charge in [0, 0.05) is 11.7 Å². The van der Waals surface area contributed by atoms with Crippen molar-refractivity contribution in [3.63, 3.8) is 0 Å². The topological polar surface area (TPSA) is 72.4 Å². The highest BCUT2D eigenvalue weighted by Crippen LogP contribution is 2.26. The molecule has 134 valence electrons. The summed E-state index contributed by atoms with van der Waals surface area (Å²) < 4.78 is 6.20. The molecule has 0 aliphatic heterocycles. The molecule has 3 rings (SSSR count). The minimum absolute atomic E-state index is 0.290. The van der Waals surface area contributed by atoms with E-state index in [0.717, 1.165) is 4.70 Å². The maximum atomic E-state index is 12.2. The van der Waals surface area contributed by atoms with Gasteiger partial charge >= 0.3 is 6.09 Å². The Morgan fingerprint density at radius 1 is 1.08 bits per heavy atom. The highest BCUT2D eigenvalue weighted by molar-refractivity contribution is 7.21. The predicted octanol–water partition coefficient (Wildman–Crippen LogP) is 4.09. The summed E-state index contributed by atoms with van der Waals surface area (Å²) in [7, 11) is 1.59. The molecule has 0 fully saturated rings. The lowest BCUT2D eigenvalue weighted by molar-refractivity contribution is 0.0588. The van der Waals surface area contributed by atoms with E-state index >= 15 is 0 Å². The molecule has 2 heterocycles. The summed E-state index contributed by atoms with van der Waals surface area (Å²) in [6, 6.07) is 12.6. The first-order chi connectivity index (χ1) is 12.2. The first-order valence-corrected chi connectivity index (χ1v) is 8.90. The van der Waals surface area contributed by atoms with Crippen LogP contribution < -0.4 is 10.5 Å². The summed E-state index contributed by atoms with van der Waals surface area (Å²) in [5.74, 6) is 0.423. The van der Waals surface area contributed by atoms with Gasteiger partial charge in [-0.3, -0.25) is 9.69 Å². The normalized spacial score (nSPS) is 11.4. The maximum Gasteiger partial charge on any atom is 0.415 e. The summed E-state index contributed by atoms with van der Waals surface area (Å²) in [5, 5.41) is 1.09. The smallest absolute Gasteiger partial charge is 0.415 e. The van der Waals surface area contributed by atoms with Gasteiger partial charge in [0.1, 0.15) is 22.1 Å². The Morgan fingerprint density at radius 2 is 1.81 bits per heavy atom. The van der Waals surface area contributed by atoms with Crippen molar-refractivity contribution in [2.45, 2.75) is 26.4 Å². The lowest BCUT2D eigenvalue weighted by atomic mass is 10.2. The zero-order chi connectivity index (χ0) is 18.9. The Kier molecular flexibility index (Phi) is 4.73. The van der Waals surface area contributed by atoms with E-state index in [4.69, 9.17) is 4.74 Å². The van der Waals surface area contributed by atoms with Gasteiger partial charge in [0.15, 0.2) is 0 Å². The van der Waals surface area contributed by atoms with E-state index in [1.54, 1.807) is 52.1 Å². The van der Waals surface area contributed by atoms with Crippen LogP contribution in [0.15, 0.2) is 47.3 Å². The second-order valence-electron chi connectivity index (χ2n) is 6.74. The van der Waals surface area contributed by atoms with Gasteiger partial charge in [-0.1, -0.05) is 18.2 Å². The summed E-state index contributed by atoms with van der Waals surface area (Å²) in [6.07, 6.45) is -0.498. The van der Waals surface area contributed by atoms with Crippen molar-refractivity contribution in [1.29, 1.82) is 0 Å². The van der Waals surface area contributed by atoms with Crippen LogP contribution >= 0.6 is 11.3 Å². The van der Waals surface area contributed by atoms with Gasteiger partial charge in [0.2, 0.25) is 0 Å². The average Bonchev–Trinajstić information content (AvgIpc) is 2.59. The number of hydrogen-bond donors (Lipinski definition) is 0. The summed E-state index contributed by atoms with van der Waals surface area (Å²) in [4.78, 5) is 34.4. The molecular weight excluding hydrogens is 350 g/mol. The highest BCUT2D eigenvalue weighted by Gasteiger charge is 2.21. The molecule has 0 saturated carbocycles. The number of benzene rings is 1. The third-order valence-corrected chi connectivity index (χ3v) is 4.56. The number of aromatic nitrogens is 2. The van der Waals surface area contributed by atoms with Crippen LogP contribution in [0.5, 0.6) is 0 Å². The second kappa shape index (κ2) is 6.84. The summed E-state index contributed by atoms with van der Waals surface area (Å²) in [6.45, 7) is 5.41. The van der Waals surface area contributed by atoms with Crippen LogP contribution in [0.25, 0.3) is 20.8 Å². The monoisotopic (exact) mass is 369 g/mol. The Morgan fingerprint density at radius 3 is 2.54 bits per heavy atom. The molecule has 0 unspecified atom stereocenters. The molecule has 0 saturated heterocycles. The molecule has 1 amide bonds. The fourth-order valence-electron chi connectivity index (χ4n) is 2.27. The number of pyridine rings is 1. The van der Waals surface area contributed by atoms with E-state index in [9.17, 15) is 9.59 Å². The molecular formula is C19H19N3O3S. The highest BCUT2D eigenvalue weighted by atomic mass is 32.1. The predicted molar refractivity (Wildman–Crippen MR) is 104 cm³/mol. The number of nitrogens with zero attached hydrogens (tertiary/aromatic N) is 3. The second-order valence-corrected chi connectivity index (χ2v) is 7.77. The van der Waals surface area contributed by atoms with Crippen molar-refractivity contribution in [2.24, 2.45) is 0 Å². The standard InChI is InChI=1S/C19H19N3O3S/c1-19(2,3)25-18(24)22(4)15-11-7-9-13(20-15)17-21-16(23)12-8-5-6-10-14(12)26-17/h5-11H,1-4H3. The van der Waals surface area contributed by atoms with Gasteiger partial charge in [-0.15, -0.1) is 11.3 Å². The third kappa shape index (κ3) is 3.88. The molecule has 7 heteroatoms. The van der Waals surface area contributed by atoms with Crippen molar-refractivity contribution < 1.29 is 9.53 Å². The molecule has 0 radical (unpaired) electrons. The van der Waals surface area contributed by atoms with Crippen molar-refractivity contribution in [2.75, 3.05) is 11.9 Å². The summed E-state index contributed by atoms with van der Waals surface area (Å²) in [5.41, 5.74) is -0.352. The van der Waals surface area contributed by atoms with Crippen LogP contribution in [0.2, 0.25) is 0 Å². The minimum Gasteiger partial charge on any atom is -0.443 e. The number of rotatable bonds is 2. The van der Waals surface area contributed by atoms with Crippen LogP contribution in [0.1, 0.15) is 20.8 Å². The average molecular weight is 369 g/mol. The van der Waals surface area contributed by atoms with E-state index in [-0.39, 0.29) is 5.56 Å². The van der Waals surface area contributed by atoms with Crippen molar-refractivity contribution >= 4 is 33.3 Å². The first kappa shape index (κ1) is 18.0. The SMILES string of the molecule is CN(C(=O)OC(C)(C)C)c1cccc(-c2nc(=O)c3ccccc3s2)n1. The van der Waals surface area contributed by atoms with Gasteiger partial charge in [-0.2, -0.15) is 4.98 Å². The largest absolute Gasteiger partial charge is 0.443 e. The third-order valence-electron chi connectivity index (χ3n) is 3.49. The van der Waals surface area contributed by atoms with Crippen LogP contribution in [-0.2, 0) is 4.74 Å². The Hall–Kier alpha value is -2.80. The molecule has 0 aliphatic rings. The van der Waals surface area contributed by atoms with Gasteiger partial charge in [-0.05, 0) is 45.0 Å². The van der Waals surface area contributed by atoms with Crippen LogP contribution in [0.4, 0.5) is 10.6 Å². The van der Waals surface area contributed by atoms with Gasteiger partial charge in [0.05, 0.1) is 5.39 Å². The minimum atomic E-state index is -0.595. The number of ether oxygens (including phenoxy) is 1. The number of carbonyl (C=O) groups is 1. The lowest BCUT2D eigenvalue weighted by Gasteiger charge is -2.24. The molecule has 0 aliphatic carbocycles. The van der Waals surface area contributed by atoms with Crippen molar-refractivity contribution in [3.8, 4) is 10.7 Å². The first-order valence-electron chi connectivity index (χ1n) is 8.08. The van der Waals surface area contributed by atoms with Crippen LogP contribution in [-0.4, -0.2) is 28.7 Å². The van der Waals surface area contributed by atoms with Gasteiger partial charge in [0.25, 0.3) is 5.56 Å². The van der Waals surface area contributed by atoms with E-state index in [1.807, 2.05) is 18.2 Å². The lowest BCUT2D eigenvalue weighted by Crippen LogP contribution is -2.34. The molecule has 6 nitrogen and oxygen atoms in total. The number of fused-ring (bicyclic) bond motifs is 1. The number of carbonyl (C=O) groups excluding carboxylic acids is 1. The molecule has 0 atom stereocenters. The zero-order valence-electron chi connectivity index (χ0n) is 15.0. The Labute approximate surface area is 155 Å². The zero-order valence-corrected chi connectivity index (χ0v) is 15.8. The Balaban J connectivity index is 1.97. The van der Waals surface area contributed by atoms with Crippen molar-refractivity contribution in [3.05, 3.63) is 52.8 Å². The van der Waals surface area contributed by atoms with Crippen LogP contribution in [0, 0.1) is 0 Å². The van der Waals surface area contributed by atoms with Gasteiger partial charge in [-0.25, -0.2) is 9.78 Å². The van der Waals surface area contributed by atoms with E-state index in [1.165, 1.54) is 16.2 Å². The number of anilines is 1.